The highest BCUT2D eigenvalue weighted by Gasteiger charge is 2.18. The maximum atomic E-state index is 5.92. The van der Waals surface area contributed by atoms with Gasteiger partial charge in [0.2, 0.25) is 0 Å². The average Bonchev–Trinajstić information content (AvgIpc) is 1.66. The summed E-state index contributed by atoms with van der Waals surface area (Å²) < 4.78 is 54.6. The number of hydrogen-bond acceptors (Lipinski definition) is 22. The lowest BCUT2D eigenvalue weighted by Gasteiger charge is -2.10. The molecule has 8 aromatic carbocycles. The third kappa shape index (κ3) is 32.1. The van der Waals surface area contributed by atoms with Gasteiger partial charge in [-0.25, -0.2) is 48.6 Å². The maximum absolute atomic E-state index is 5.92. The zero-order chi connectivity index (χ0) is 101. The molecular weight excluding hydrogens is 1870 g/mol. The van der Waals surface area contributed by atoms with Crippen molar-refractivity contribution in [3.8, 4) is 91.3 Å². The van der Waals surface area contributed by atoms with Crippen molar-refractivity contribution in [1.29, 1.82) is 0 Å². The molecule has 32 rings (SSSR count). The van der Waals surface area contributed by atoms with E-state index < -0.39 is 0 Å². The molecule has 26 nitrogen and oxygen atoms in total. The van der Waals surface area contributed by atoms with Crippen molar-refractivity contribution < 1.29 is 37.9 Å². The zero-order valence-corrected chi connectivity index (χ0v) is 85.4. The molecule has 0 saturated heterocycles. The van der Waals surface area contributed by atoms with Crippen molar-refractivity contribution in [2.75, 3.05) is 26.4 Å². The van der Waals surface area contributed by atoms with Gasteiger partial charge in [-0.1, -0.05) is 267 Å². The number of benzene rings is 8. The summed E-state index contributed by atoms with van der Waals surface area (Å²) in [7, 11) is 0. The molecule has 10 aromatic heterocycles. The van der Waals surface area contributed by atoms with Gasteiger partial charge < -0.3 is 37.9 Å². The first kappa shape index (κ1) is 103. The molecule has 18 aromatic rings. The molecule has 0 fully saturated rings. The lowest BCUT2D eigenvalue weighted by atomic mass is 10.0. The van der Waals surface area contributed by atoms with E-state index >= 15 is 0 Å². The number of rotatable bonds is 0. The summed E-state index contributed by atoms with van der Waals surface area (Å²) in [5.74, 6) is 3.46. The lowest BCUT2D eigenvalue weighted by molar-refractivity contribution is 0.104. The fraction of sp³-hybridized carbons (Fsp3) is 0.306. The molecule has 0 saturated carbocycles. The first-order chi connectivity index (χ1) is 74.2. The average molecular weight is 2000 g/mol. The molecule has 36 bridgehead atoms. The van der Waals surface area contributed by atoms with Gasteiger partial charge in [0.25, 0.3) is 0 Å². The molecule has 14 aliphatic heterocycles. The van der Waals surface area contributed by atoms with Crippen LogP contribution in [0, 0.1) is 0 Å². The Balaban J connectivity index is 0.000000126. The molecule has 0 N–H and O–H groups in total. The molecule has 24 heterocycles. The maximum Gasteiger partial charge on any atom is 0.131 e. The predicted molar refractivity (Wildman–Crippen MR) is 581 cm³/mol. The smallest absolute Gasteiger partial charge is 0.131 e. The van der Waals surface area contributed by atoms with Crippen molar-refractivity contribution in [3.05, 3.63) is 418 Å². The highest BCUT2D eigenvalue weighted by Crippen LogP contribution is 2.30. The fourth-order valence-electron chi connectivity index (χ4n) is 18.3. The Kier molecular flexibility index (Phi) is 37.6. The van der Waals surface area contributed by atoms with Crippen LogP contribution in [-0.2, 0) is 124 Å². The first-order valence-corrected chi connectivity index (χ1v) is 53.1. The SMILES string of the molecule is c1cc2nc(c1)-c1cccc(n1)COCc1ccc(cc1)OCCCCOc1ccc(cc1)COC2.c1cc2nc(c1)-c1cccc(n1)COCc1ccc(cc1)OCCCCOc1ccc(cc1)COC2.c1cc2nc(c1)-c1cn(nn1)Cc1ccc(cc1)CCCCCCCCCc1ccc(cc1)Cn1cc-2nn1.c1cc2nc(c1)-c1cn(nn1)Cc1ccc(cc1)CCCCCCCCCc1ccc(cc1)Cn1cc-2nn1. The van der Waals surface area contributed by atoms with Gasteiger partial charge in [0, 0.05) is 0 Å². The van der Waals surface area contributed by atoms with Gasteiger partial charge in [-0.3, -0.25) is 0 Å². The van der Waals surface area contributed by atoms with Crippen LogP contribution in [0.4, 0.5) is 0 Å². The van der Waals surface area contributed by atoms with E-state index in [9.17, 15) is 0 Å². The van der Waals surface area contributed by atoms with E-state index in [0.29, 0.717) is 105 Å². The van der Waals surface area contributed by atoms with Crippen LogP contribution in [0.15, 0.2) is 328 Å². The number of fused-ring (bicyclic) bond motifs is 4. The van der Waals surface area contributed by atoms with Crippen LogP contribution in [-0.4, -0.2) is 116 Å². The molecule has 150 heavy (non-hydrogen) atoms. The Labute approximate surface area is 878 Å². The van der Waals surface area contributed by atoms with Gasteiger partial charge in [0.1, 0.15) is 45.8 Å². The van der Waals surface area contributed by atoms with Crippen molar-refractivity contribution in [2.24, 2.45) is 0 Å². The van der Waals surface area contributed by atoms with E-state index in [2.05, 4.69) is 138 Å². The Bertz CT molecular complexity index is 6320. The van der Waals surface area contributed by atoms with Crippen LogP contribution in [0.25, 0.3) is 68.3 Å². The predicted octanol–water partition coefficient (Wildman–Crippen LogP) is 25.3. The summed E-state index contributed by atoms with van der Waals surface area (Å²) >= 11 is 0. The molecule has 0 unspecified atom stereocenters. The molecule has 0 atom stereocenters. The number of aryl methyl sites for hydroxylation is 4. The zero-order valence-electron chi connectivity index (χ0n) is 85.4. The number of aromatic nitrogens is 18. The molecule has 14 aliphatic rings. The molecule has 0 spiro atoms. The molecule has 26 heteroatoms. The first-order valence-electron chi connectivity index (χ1n) is 53.1. The summed E-state index contributed by atoms with van der Waals surface area (Å²) in [6.45, 7) is 9.12. The Hall–Kier alpha value is -15.7. The second-order valence-electron chi connectivity index (χ2n) is 38.6. The molecule has 764 valence electrons. The number of ether oxygens (including phenoxy) is 8. The summed E-state index contributed by atoms with van der Waals surface area (Å²) in [5, 5.41) is 35.0. The van der Waals surface area contributed by atoms with Crippen LogP contribution >= 0.6 is 0 Å². The second-order valence-corrected chi connectivity index (χ2v) is 38.6. The summed E-state index contributed by atoms with van der Waals surface area (Å²) in [4.78, 5) is 28.6. The van der Waals surface area contributed by atoms with E-state index in [4.69, 9.17) is 67.8 Å². The third-order valence-corrected chi connectivity index (χ3v) is 26.7. The van der Waals surface area contributed by atoms with Crippen LogP contribution in [0.2, 0.25) is 0 Å². The number of nitrogens with zero attached hydrogens (tertiary/aromatic N) is 18. The van der Waals surface area contributed by atoms with Crippen LogP contribution in [0.1, 0.15) is 205 Å². The van der Waals surface area contributed by atoms with E-state index in [1.807, 2.05) is 250 Å². The minimum absolute atomic E-state index is 0.426. The normalized spacial score (nSPS) is 15.1. The van der Waals surface area contributed by atoms with Crippen molar-refractivity contribution in [1.82, 2.24) is 89.9 Å². The van der Waals surface area contributed by atoms with Crippen LogP contribution in [0.3, 0.4) is 0 Å². The Morgan fingerprint density at radius 1 is 0.160 bits per heavy atom. The Morgan fingerprint density at radius 3 is 0.567 bits per heavy atom. The molecule has 0 aliphatic carbocycles. The lowest BCUT2D eigenvalue weighted by Crippen LogP contribution is -2.03. The van der Waals surface area contributed by atoms with Crippen molar-refractivity contribution in [2.45, 2.75) is 220 Å². The Morgan fingerprint density at radius 2 is 0.347 bits per heavy atom. The van der Waals surface area contributed by atoms with Crippen LogP contribution in [0.5, 0.6) is 23.0 Å². The second kappa shape index (κ2) is 54.8. The summed E-state index contributed by atoms with van der Waals surface area (Å²) in [6, 6.07) is 103. The van der Waals surface area contributed by atoms with Crippen molar-refractivity contribution in [3.63, 3.8) is 0 Å². The highest BCUT2D eigenvalue weighted by molar-refractivity contribution is 5.62. The number of hydrogen-bond donors (Lipinski definition) is 0. The van der Waals surface area contributed by atoms with E-state index in [0.717, 1.165) is 188 Å². The molecule has 0 radical (unpaired) electrons. The monoisotopic (exact) mass is 2000 g/mol. The van der Waals surface area contributed by atoms with Gasteiger partial charge in [-0.15, -0.1) is 20.4 Å². The van der Waals surface area contributed by atoms with E-state index in [1.165, 1.54) is 134 Å². The van der Waals surface area contributed by atoms with Gasteiger partial charge in [-0.2, -0.15) is 0 Å². The fourth-order valence-corrected chi connectivity index (χ4v) is 18.3. The number of pyridine rings is 6. The quantitative estimate of drug-likeness (QED) is 0.136. The van der Waals surface area contributed by atoms with E-state index in [1.54, 1.807) is 0 Å². The van der Waals surface area contributed by atoms with Gasteiger partial charge >= 0.3 is 0 Å². The topological polar surface area (TPSA) is 274 Å². The van der Waals surface area contributed by atoms with Crippen molar-refractivity contribution >= 4 is 0 Å². The van der Waals surface area contributed by atoms with Crippen LogP contribution < -0.4 is 18.9 Å². The van der Waals surface area contributed by atoms with Gasteiger partial charge in [0.15, 0.2) is 0 Å². The minimum atomic E-state index is 0.426. The minimum Gasteiger partial charge on any atom is -0.494 e. The largest absolute Gasteiger partial charge is 0.494 e. The van der Waals surface area contributed by atoms with Gasteiger partial charge in [-0.05, 0) is 265 Å². The molecular formula is C124H130N18O8. The summed E-state index contributed by atoms with van der Waals surface area (Å²) in [5.41, 5.74) is 27.7. The molecule has 0 amide bonds. The standard InChI is InChI=1S/2C32H35N7.2C30H30N2O4/c2*1-2-4-6-9-25-13-17-27(18-14-25)21-38-23-31(34-36-38)29-11-8-12-30(33-29)32-24-39(37-35-32)22-28-19-15-26(16-20-28)10-7-5-3-1;2*1-2-18-36-28-15-11-24(12-16-28)20-34-22-26-6-4-8-30(32-26)29-7-3-5-25(31-29)21-33-19-23-9-13-27(14-10-23)35-17-1/h2*8,11-20,23-24H,1-7,9-10,21-22H2;2*3-16H,1-2,17-22H2. The van der Waals surface area contributed by atoms with Gasteiger partial charge in [0.05, 0.1) is 199 Å². The van der Waals surface area contributed by atoms with E-state index in [-0.39, 0.29) is 0 Å². The third-order valence-electron chi connectivity index (χ3n) is 26.7. The highest BCUT2D eigenvalue weighted by atomic mass is 16.5. The summed E-state index contributed by atoms with van der Waals surface area (Å²) in [6.07, 6.45) is 34.5.